The predicted octanol–water partition coefficient (Wildman–Crippen LogP) is 3.75. The quantitative estimate of drug-likeness (QED) is 0.756. The van der Waals surface area contributed by atoms with Crippen LogP contribution in [0.25, 0.3) is 0 Å². The Morgan fingerprint density at radius 3 is 2.15 bits per heavy atom. The van der Waals surface area contributed by atoms with E-state index < -0.39 is 0 Å². The summed E-state index contributed by atoms with van der Waals surface area (Å²) in [5, 5.41) is 0. The number of piperidine rings is 1. The van der Waals surface area contributed by atoms with E-state index in [9.17, 15) is 9.59 Å². The van der Waals surface area contributed by atoms with Crippen LogP contribution in [0.1, 0.15) is 39.1 Å². The zero-order valence-electron chi connectivity index (χ0n) is 16.0. The van der Waals surface area contributed by atoms with Gasteiger partial charge in [0.2, 0.25) is 0 Å². The summed E-state index contributed by atoms with van der Waals surface area (Å²) in [6, 6.07) is 12.7. The number of amides is 1. The van der Waals surface area contributed by atoms with E-state index in [1.807, 2.05) is 24.0 Å². The van der Waals surface area contributed by atoms with Gasteiger partial charge in [0.25, 0.3) is 5.91 Å². The normalized spacial score (nSPS) is 14.7. The first-order valence-electron chi connectivity index (χ1n) is 9.15. The van der Waals surface area contributed by atoms with Crippen molar-refractivity contribution >= 4 is 11.7 Å². The fourth-order valence-electron chi connectivity index (χ4n) is 3.47. The van der Waals surface area contributed by atoms with E-state index in [0.717, 1.165) is 11.3 Å². The highest BCUT2D eigenvalue weighted by molar-refractivity contribution is 5.98. The molecule has 0 aliphatic carbocycles. The van der Waals surface area contributed by atoms with E-state index in [-0.39, 0.29) is 17.6 Å². The first kappa shape index (κ1) is 19.0. The molecule has 1 fully saturated rings. The van der Waals surface area contributed by atoms with Crippen LogP contribution in [0.5, 0.6) is 11.5 Å². The minimum absolute atomic E-state index is 0.0105. The number of ketones is 1. The van der Waals surface area contributed by atoms with Gasteiger partial charge < -0.3 is 14.4 Å². The Bertz CT molecular complexity index is 821. The Morgan fingerprint density at radius 2 is 1.56 bits per heavy atom. The van der Waals surface area contributed by atoms with Crippen molar-refractivity contribution in [3.63, 3.8) is 0 Å². The molecule has 1 aliphatic heterocycles. The number of carbonyl (C=O) groups is 2. The predicted molar refractivity (Wildman–Crippen MR) is 104 cm³/mol. The monoisotopic (exact) mass is 367 g/mol. The van der Waals surface area contributed by atoms with Crippen LogP contribution < -0.4 is 9.47 Å². The Labute approximate surface area is 159 Å². The van der Waals surface area contributed by atoms with E-state index in [1.54, 1.807) is 44.6 Å². The highest BCUT2D eigenvalue weighted by Crippen LogP contribution is 2.25. The van der Waals surface area contributed by atoms with Gasteiger partial charge in [0.05, 0.1) is 14.2 Å². The van der Waals surface area contributed by atoms with Crippen LogP contribution >= 0.6 is 0 Å². The second-order valence-corrected chi connectivity index (χ2v) is 6.84. The zero-order valence-corrected chi connectivity index (χ0v) is 16.0. The minimum atomic E-state index is -0.0463. The lowest BCUT2D eigenvalue weighted by molar-refractivity contribution is 0.0650. The van der Waals surface area contributed by atoms with Crippen LogP contribution in [0.15, 0.2) is 42.5 Å². The van der Waals surface area contributed by atoms with Gasteiger partial charge in [-0.2, -0.15) is 0 Å². The molecule has 0 N–H and O–H groups in total. The van der Waals surface area contributed by atoms with E-state index >= 15 is 0 Å². The topological polar surface area (TPSA) is 55.8 Å². The molecule has 2 aromatic carbocycles. The highest BCUT2D eigenvalue weighted by Gasteiger charge is 2.28. The van der Waals surface area contributed by atoms with Gasteiger partial charge in [0.1, 0.15) is 11.5 Å². The molecule has 1 aliphatic rings. The molecule has 1 amide bonds. The fraction of sp³-hybridized carbons (Fsp3) is 0.364. The molecule has 0 atom stereocenters. The second kappa shape index (κ2) is 8.25. The van der Waals surface area contributed by atoms with Crippen molar-refractivity contribution in [1.29, 1.82) is 0 Å². The summed E-state index contributed by atoms with van der Waals surface area (Å²) >= 11 is 0. The van der Waals surface area contributed by atoms with Crippen molar-refractivity contribution in [2.75, 3.05) is 27.3 Å². The smallest absolute Gasteiger partial charge is 0.253 e. The molecule has 1 heterocycles. The molecule has 3 rings (SSSR count). The van der Waals surface area contributed by atoms with Crippen molar-refractivity contribution in [3.8, 4) is 11.5 Å². The molecule has 0 radical (unpaired) electrons. The molecule has 0 bridgehead atoms. The summed E-state index contributed by atoms with van der Waals surface area (Å²) in [5.41, 5.74) is 2.32. The van der Waals surface area contributed by atoms with Crippen molar-refractivity contribution in [1.82, 2.24) is 4.90 Å². The third kappa shape index (κ3) is 4.13. The number of methoxy groups -OCH3 is 2. The molecular weight excluding hydrogens is 342 g/mol. The fourth-order valence-corrected chi connectivity index (χ4v) is 3.47. The molecule has 27 heavy (non-hydrogen) atoms. The highest BCUT2D eigenvalue weighted by atomic mass is 16.5. The van der Waals surface area contributed by atoms with E-state index in [4.69, 9.17) is 9.47 Å². The number of aryl methyl sites for hydroxylation is 1. The average Bonchev–Trinajstić information content (AvgIpc) is 2.73. The van der Waals surface area contributed by atoms with E-state index in [2.05, 4.69) is 0 Å². The zero-order chi connectivity index (χ0) is 19.4. The van der Waals surface area contributed by atoms with Crippen LogP contribution in [0.4, 0.5) is 0 Å². The lowest BCUT2D eigenvalue weighted by Crippen LogP contribution is -2.40. The Balaban J connectivity index is 1.62. The number of benzene rings is 2. The van der Waals surface area contributed by atoms with Gasteiger partial charge in [-0.05, 0) is 61.7 Å². The number of hydrogen-bond donors (Lipinski definition) is 0. The summed E-state index contributed by atoms with van der Waals surface area (Å²) in [4.78, 5) is 27.3. The first-order chi connectivity index (χ1) is 13.0. The van der Waals surface area contributed by atoms with Gasteiger partial charge in [-0.1, -0.05) is 6.07 Å². The lowest BCUT2D eigenvalue weighted by Gasteiger charge is -2.31. The Morgan fingerprint density at radius 1 is 0.926 bits per heavy atom. The molecule has 0 aromatic heterocycles. The Hall–Kier alpha value is -2.82. The molecule has 0 saturated carbocycles. The molecular formula is C22H25NO4. The molecule has 0 spiro atoms. The third-order valence-electron chi connectivity index (χ3n) is 5.18. The molecule has 1 saturated heterocycles. The summed E-state index contributed by atoms with van der Waals surface area (Å²) in [6.07, 6.45) is 1.36. The van der Waals surface area contributed by atoms with Gasteiger partial charge >= 0.3 is 0 Å². The van der Waals surface area contributed by atoms with Gasteiger partial charge in [-0.25, -0.2) is 0 Å². The number of Topliss-reactive ketones (excluding diaryl/α,β-unsaturated/α-hetero) is 1. The number of carbonyl (C=O) groups excluding carboxylic acids is 2. The van der Waals surface area contributed by atoms with Gasteiger partial charge in [-0.3, -0.25) is 9.59 Å². The van der Waals surface area contributed by atoms with E-state index in [0.29, 0.717) is 42.8 Å². The summed E-state index contributed by atoms with van der Waals surface area (Å²) in [6.45, 7) is 3.12. The number of rotatable bonds is 5. The van der Waals surface area contributed by atoms with Crippen molar-refractivity contribution in [3.05, 3.63) is 59.2 Å². The SMILES string of the molecule is COc1ccc(C(=O)C2CCN(C(=O)c3ccc(C)c(OC)c3)CC2)cc1. The number of ether oxygens (including phenoxy) is 2. The second-order valence-electron chi connectivity index (χ2n) is 6.84. The molecule has 142 valence electrons. The Kier molecular flexibility index (Phi) is 5.79. The molecule has 0 unspecified atom stereocenters. The average molecular weight is 367 g/mol. The van der Waals surface area contributed by atoms with Crippen LogP contribution in [0, 0.1) is 12.8 Å². The summed E-state index contributed by atoms with van der Waals surface area (Å²) < 4.78 is 10.4. The maximum atomic E-state index is 12.8. The summed E-state index contributed by atoms with van der Waals surface area (Å²) in [7, 11) is 3.21. The van der Waals surface area contributed by atoms with Crippen molar-refractivity contribution in [2.24, 2.45) is 5.92 Å². The minimum Gasteiger partial charge on any atom is -0.497 e. The molecule has 5 heteroatoms. The number of likely N-dealkylation sites (tertiary alicyclic amines) is 1. The van der Waals surface area contributed by atoms with Crippen molar-refractivity contribution in [2.45, 2.75) is 19.8 Å². The standard InChI is InChI=1S/C22H25NO4/c1-15-4-5-18(14-20(15)27-3)22(25)23-12-10-17(11-13-23)21(24)16-6-8-19(26-2)9-7-16/h4-9,14,17H,10-13H2,1-3H3. The third-order valence-corrected chi connectivity index (χ3v) is 5.18. The van der Waals surface area contributed by atoms with Crippen LogP contribution in [-0.4, -0.2) is 43.9 Å². The number of hydrogen-bond acceptors (Lipinski definition) is 4. The van der Waals surface area contributed by atoms with Crippen molar-refractivity contribution < 1.29 is 19.1 Å². The van der Waals surface area contributed by atoms with E-state index in [1.165, 1.54) is 0 Å². The van der Waals surface area contributed by atoms with Gasteiger partial charge in [0, 0.05) is 30.1 Å². The van der Waals surface area contributed by atoms with Gasteiger partial charge in [-0.15, -0.1) is 0 Å². The molecule has 2 aromatic rings. The molecule has 5 nitrogen and oxygen atoms in total. The van der Waals surface area contributed by atoms with Crippen LogP contribution in [0.3, 0.4) is 0 Å². The first-order valence-corrected chi connectivity index (χ1v) is 9.15. The maximum Gasteiger partial charge on any atom is 0.253 e. The maximum absolute atomic E-state index is 12.8. The van der Waals surface area contributed by atoms with Gasteiger partial charge in [0.15, 0.2) is 5.78 Å². The van der Waals surface area contributed by atoms with Crippen LogP contribution in [0.2, 0.25) is 0 Å². The number of nitrogens with zero attached hydrogens (tertiary/aromatic N) is 1. The van der Waals surface area contributed by atoms with Crippen LogP contribution in [-0.2, 0) is 0 Å². The summed E-state index contributed by atoms with van der Waals surface area (Å²) in [5.74, 6) is 1.53. The lowest BCUT2D eigenvalue weighted by atomic mass is 9.88. The largest absolute Gasteiger partial charge is 0.497 e.